The Balaban J connectivity index is 1.32. The maximum atomic E-state index is 13.9. The monoisotopic (exact) mass is 392 g/mol. The van der Waals surface area contributed by atoms with Gasteiger partial charge < -0.3 is 10.2 Å². The van der Waals surface area contributed by atoms with E-state index in [1.165, 1.54) is 12.3 Å². The first-order valence-corrected chi connectivity index (χ1v) is 10.1. The zero-order valence-electron chi connectivity index (χ0n) is 14.8. The fourth-order valence-corrected chi connectivity index (χ4v) is 5.28. The molecule has 1 saturated carbocycles. The molecule has 1 aliphatic heterocycles. The average molecular weight is 392 g/mol. The van der Waals surface area contributed by atoms with Gasteiger partial charge in [0.15, 0.2) is 11.6 Å². The highest BCUT2D eigenvalue weighted by Crippen LogP contribution is 2.46. The molecule has 0 amide bonds. The molecule has 7 heteroatoms. The minimum absolute atomic E-state index is 0.157. The Kier molecular flexibility index (Phi) is 5.09. The van der Waals surface area contributed by atoms with E-state index < -0.39 is 17.2 Å². The molecule has 1 aromatic heterocycles. The Hall–Kier alpha value is -1.70. The highest BCUT2D eigenvalue weighted by Gasteiger charge is 2.48. The summed E-state index contributed by atoms with van der Waals surface area (Å²) < 4.78 is 27.4. The van der Waals surface area contributed by atoms with Crippen LogP contribution in [0.2, 0.25) is 0 Å². The first-order valence-electron chi connectivity index (χ1n) is 9.07. The van der Waals surface area contributed by atoms with Crippen LogP contribution in [0.1, 0.15) is 18.4 Å². The number of pyridine rings is 1. The number of halogens is 2. The number of fused-ring (bicyclic) bond motifs is 1. The van der Waals surface area contributed by atoms with Crippen LogP contribution in [-0.4, -0.2) is 44.7 Å². The molecule has 2 heterocycles. The number of aromatic hydroxyl groups is 1. The van der Waals surface area contributed by atoms with Crippen molar-refractivity contribution >= 4 is 11.8 Å². The van der Waals surface area contributed by atoms with Crippen molar-refractivity contribution in [1.29, 1.82) is 0 Å². The molecule has 0 spiro atoms. The number of thioether (sulfide) groups is 1. The van der Waals surface area contributed by atoms with E-state index in [2.05, 4.69) is 9.88 Å². The zero-order valence-corrected chi connectivity index (χ0v) is 15.6. The number of hydrogen-bond donors (Lipinski definition) is 2. The summed E-state index contributed by atoms with van der Waals surface area (Å²) in [5.41, 5.74) is -0.704. The van der Waals surface area contributed by atoms with Gasteiger partial charge in [-0.2, -0.15) is 0 Å². The predicted octanol–water partition coefficient (Wildman–Crippen LogP) is 3.43. The van der Waals surface area contributed by atoms with E-state index in [0.717, 1.165) is 30.1 Å². The van der Waals surface area contributed by atoms with Gasteiger partial charge in [0.1, 0.15) is 5.75 Å². The molecule has 0 radical (unpaired) electrons. The first-order chi connectivity index (χ1) is 12.9. The Labute approximate surface area is 161 Å². The van der Waals surface area contributed by atoms with Crippen LogP contribution in [0.3, 0.4) is 0 Å². The van der Waals surface area contributed by atoms with E-state index in [4.69, 9.17) is 0 Å². The van der Waals surface area contributed by atoms with Gasteiger partial charge in [-0.25, -0.2) is 13.8 Å². The van der Waals surface area contributed by atoms with E-state index in [0.29, 0.717) is 24.7 Å². The SMILES string of the molecule is Oc1ccc(SCN2C[C@@H]3CC(O)(Cc4cccc(F)c4F)C[C@@H]3C2)nc1. The number of aliphatic hydroxyl groups is 1. The van der Waals surface area contributed by atoms with E-state index >= 15 is 0 Å². The summed E-state index contributed by atoms with van der Waals surface area (Å²) in [6.07, 6.45) is 2.83. The van der Waals surface area contributed by atoms with Crippen molar-refractivity contribution in [2.75, 3.05) is 19.0 Å². The second kappa shape index (κ2) is 7.37. The molecule has 4 rings (SSSR count). The fourth-order valence-electron chi connectivity index (χ4n) is 4.46. The van der Waals surface area contributed by atoms with E-state index in [1.54, 1.807) is 30.0 Å². The van der Waals surface area contributed by atoms with Crippen LogP contribution in [0.15, 0.2) is 41.6 Å². The number of likely N-dealkylation sites (tertiary alicyclic amines) is 1. The first kappa shape index (κ1) is 18.7. The molecular formula is C20H22F2N2O2S. The van der Waals surface area contributed by atoms with Crippen molar-refractivity contribution in [1.82, 2.24) is 9.88 Å². The fraction of sp³-hybridized carbons (Fsp3) is 0.450. The lowest BCUT2D eigenvalue weighted by molar-refractivity contribution is 0.0353. The molecule has 1 unspecified atom stereocenters. The number of rotatable bonds is 5. The second-order valence-electron chi connectivity index (χ2n) is 7.71. The van der Waals surface area contributed by atoms with Crippen molar-refractivity contribution in [3.8, 4) is 5.75 Å². The molecule has 2 aliphatic rings. The van der Waals surface area contributed by atoms with Crippen LogP contribution in [-0.2, 0) is 6.42 Å². The van der Waals surface area contributed by atoms with Crippen molar-refractivity contribution in [2.45, 2.75) is 29.9 Å². The van der Waals surface area contributed by atoms with Crippen LogP contribution < -0.4 is 0 Å². The molecule has 4 nitrogen and oxygen atoms in total. The van der Waals surface area contributed by atoms with Gasteiger partial charge in [0.25, 0.3) is 0 Å². The molecule has 1 aliphatic carbocycles. The normalized spacial score (nSPS) is 27.8. The standard InChI is InChI=1S/C20H22F2N2O2S/c21-17-3-1-2-13(19(17)22)6-20(26)7-14-10-24(11-15(14)8-20)12-27-18-5-4-16(25)9-23-18/h1-5,9,14-15,25-26H,6-8,10-12H2/t14-,15+,20?. The summed E-state index contributed by atoms with van der Waals surface area (Å²) in [6, 6.07) is 7.56. The van der Waals surface area contributed by atoms with Gasteiger partial charge in [-0.05, 0) is 48.4 Å². The highest BCUT2D eigenvalue weighted by atomic mass is 32.2. The van der Waals surface area contributed by atoms with Crippen LogP contribution in [0.5, 0.6) is 5.75 Å². The highest BCUT2D eigenvalue weighted by molar-refractivity contribution is 7.99. The largest absolute Gasteiger partial charge is 0.506 e. The molecule has 1 aromatic carbocycles. The number of aromatic nitrogens is 1. The third-order valence-electron chi connectivity index (χ3n) is 5.60. The van der Waals surface area contributed by atoms with Gasteiger partial charge in [0, 0.05) is 19.5 Å². The van der Waals surface area contributed by atoms with Crippen molar-refractivity contribution < 1.29 is 19.0 Å². The summed E-state index contributed by atoms with van der Waals surface area (Å²) in [7, 11) is 0. The maximum absolute atomic E-state index is 13.9. The lowest BCUT2D eigenvalue weighted by Crippen LogP contribution is -2.32. The molecule has 27 heavy (non-hydrogen) atoms. The lowest BCUT2D eigenvalue weighted by atomic mass is 9.91. The van der Waals surface area contributed by atoms with Crippen LogP contribution >= 0.6 is 11.8 Å². The smallest absolute Gasteiger partial charge is 0.162 e. The number of benzene rings is 1. The predicted molar refractivity (Wildman–Crippen MR) is 99.4 cm³/mol. The van der Waals surface area contributed by atoms with E-state index in [9.17, 15) is 19.0 Å². The third kappa shape index (κ3) is 4.10. The average Bonchev–Trinajstić information content (AvgIpc) is 3.13. The summed E-state index contributed by atoms with van der Waals surface area (Å²) >= 11 is 1.62. The second-order valence-corrected chi connectivity index (χ2v) is 8.67. The van der Waals surface area contributed by atoms with Gasteiger partial charge >= 0.3 is 0 Å². The van der Waals surface area contributed by atoms with E-state index in [-0.39, 0.29) is 17.7 Å². The van der Waals surface area contributed by atoms with E-state index in [1.807, 2.05) is 0 Å². The Bertz CT molecular complexity index is 804. The molecule has 144 valence electrons. The topological polar surface area (TPSA) is 56.6 Å². The van der Waals surface area contributed by atoms with Gasteiger partial charge in [0.2, 0.25) is 0 Å². The molecule has 2 N–H and O–H groups in total. The number of hydrogen-bond acceptors (Lipinski definition) is 5. The van der Waals surface area contributed by atoms with Gasteiger partial charge in [0.05, 0.1) is 22.7 Å². The Morgan fingerprint density at radius 3 is 2.56 bits per heavy atom. The van der Waals surface area contributed by atoms with Crippen molar-refractivity contribution in [2.24, 2.45) is 11.8 Å². The molecule has 2 fully saturated rings. The van der Waals surface area contributed by atoms with Crippen LogP contribution in [0, 0.1) is 23.5 Å². The summed E-state index contributed by atoms with van der Waals surface area (Å²) in [4.78, 5) is 6.52. The minimum atomic E-state index is -0.957. The van der Waals surface area contributed by atoms with Gasteiger partial charge in [-0.15, -0.1) is 0 Å². The summed E-state index contributed by atoms with van der Waals surface area (Å²) in [5, 5.41) is 21.1. The minimum Gasteiger partial charge on any atom is -0.506 e. The molecule has 3 atom stereocenters. The maximum Gasteiger partial charge on any atom is 0.162 e. The van der Waals surface area contributed by atoms with Crippen molar-refractivity contribution in [3.05, 3.63) is 53.7 Å². The summed E-state index contributed by atoms with van der Waals surface area (Å²) in [6.45, 7) is 1.79. The molecule has 1 saturated heterocycles. The van der Waals surface area contributed by atoms with Crippen LogP contribution in [0.4, 0.5) is 8.78 Å². The third-order valence-corrected chi connectivity index (χ3v) is 6.63. The summed E-state index contributed by atoms with van der Waals surface area (Å²) in [5.74, 6) is 0.00802. The Morgan fingerprint density at radius 1 is 1.15 bits per heavy atom. The molecule has 0 bridgehead atoms. The van der Waals surface area contributed by atoms with Crippen LogP contribution in [0.25, 0.3) is 0 Å². The quantitative estimate of drug-likeness (QED) is 0.764. The Morgan fingerprint density at radius 2 is 1.89 bits per heavy atom. The lowest BCUT2D eigenvalue weighted by Gasteiger charge is -2.26. The van der Waals surface area contributed by atoms with Gasteiger partial charge in [-0.3, -0.25) is 4.90 Å². The van der Waals surface area contributed by atoms with Gasteiger partial charge in [-0.1, -0.05) is 23.9 Å². The zero-order chi connectivity index (χ0) is 19.0. The molecular weight excluding hydrogens is 370 g/mol. The van der Waals surface area contributed by atoms with Crippen molar-refractivity contribution in [3.63, 3.8) is 0 Å². The molecule has 2 aromatic rings. The number of nitrogens with zero attached hydrogens (tertiary/aromatic N) is 2.